The minimum absolute atomic E-state index is 0. The molecular weight excluding hydrogens is 339 g/mol. The van der Waals surface area contributed by atoms with E-state index in [9.17, 15) is 14.7 Å². The summed E-state index contributed by atoms with van der Waals surface area (Å²) in [5.41, 5.74) is -0.0918. The fourth-order valence-corrected chi connectivity index (χ4v) is 3.85. The number of rotatable bonds is 8. The van der Waals surface area contributed by atoms with E-state index in [1.54, 1.807) is 0 Å². The van der Waals surface area contributed by atoms with Crippen LogP contribution in [-0.4, -0.2) is 18.5 Å². The third-order valence-electron chi connectivity index (χ3n) is 6.15. The number of hydrogen-bond donors (Lipinski definition) is 0. The first-order chi connectivity index (χ1) is 11.8. The molecule has 1 aromatic rings. The zero-order chi connectivity index (χ0) is 18.5. The first-order valence-electron chi connectivity index (χ1n) is 9.21. The Kier molecular flexibility index (Phi) is 8.84. The van der Waals surface area contributed by atoms with E-state index in [2.05, 4.69) is 12.1 Å². The van der Waals surface area contributed by atoms with Crippen molar-refractivity contribution >= 4 is 11.9 Å². The molecule has 0 heterocycles. The Hall–Kier alpha value is -0.840. The molecule has 5 heteroatoms. The Labute approximate surface area is 179 Å². The molecule has 0 amide bonds. The molecule has 1 aliphatic carbocycles. The Bertz CT molecular complexity index is 599. The van der Waals surface area contributed by atoms with Crippen molar-refractivity contribution in [2.75, 3.05) is 6.61 Å². The number of carbonyl (C=O) groups excluding carboxylic acids is 2. The third-order valence-corrected chi connectivity index (χ3v) is 6.15. The molecule has 0 saturated heterocycles. The Morgan fingerprint density at radius 2 is 1.77 bits per heavy atom. The van der Waals surface area contributed by atoms with Crippen molar-refractivity contribution in [3.05, 3.63) is 35.9 Å². The van der Waals surface area contributed by atoms with E-state index in [1.807, 2.05) is 39.0 Å². The number of hydrogen-bond acceptors (Lipinski definition) is 4. The number of carbonyl (C=O) groups is 2. The molecule has 2 rings (SSSR count). The van der Waals surface area contributed by atoms with Crippen molar-refractivity contribution in [3.8, 4) is 0 Å². The van der Waals surface area contributed by atoms with Crippen LogP contribution in [-0.2, 0) is 20.7 Å². The molecule has 0 aliphatic heterocycles. The van der Waals surface area contributed by atoms with Crippen molar-refractivity contribution < 1.29 is 49.0 Å². The number of aliphatic carboxylic acids is 1. The molecule has 26 heavy (non-hydrogen) atoms. The SMILES string of the molecule is CC1(C(=O)OCCCCCc2ccccc2)CCC(C(=O)[O-])C1(C)C.[Na+]. The number of ether oxygens (including phenoxy) is 1. The van der Waals surface area contributed by atoms with Gasteiger partial charge in [-0.15, -0.1) is 0 Å². The molecule has 138 valence electrons. The van der Waals surface area contributed by atoms with Crippen LogP contribution in [0.4, 0.5) is 0 Å². The van der Waals surface area contributed by atoms with Crippen LogP contribution < -0.4 is 34.7 Å². The molecule has 1 fully saturated rings. The standard InChI is InChI=1S/C21H30O4.Na/c1-20(2)17(18(22)23)13-14-21(20,3)19(24)25-15-9-5-8-12-16-10-6-4-7-11-16;/h4,6-7,10-11,17H,5,8-9,12-15H2,1-3H3,(H,22,23);/q;+1/p-1. The van der Waals surface area contributed by atoms with Crippen molar-refractivity contribution in [1.82, 2.24) is 0 Å². The third kappa shape index (κ3) is 5.11. The predicted molar refractivity (Wildman–Crippen MR) is 94.6 cm³/mol. The van der Waals surface area contributed by atoms with E-state index in [0.717, 1.165) is 25.7 Å². The molecule has 0 aromatic heterocycles. The minimum Gasteiger partial charge on any atom is -0.550 e. The number of carboxylic acids is 1. The summed E-state index contributed by atoms with van der Waals surface area (Å²) in [5, 5.41) is 11.3. The predicted octanol–water partition coefficient (Wildman–Crippen LogP) is 0.139. The summed E-state index contributed by atoms with van der Waals surface area (Å²) in [6.45, 7) is 5.89. The first-order valence-corrected chi connectivity index (χ1v) is 9.21. The summed E-state index contributed by atoms with van der Waals surface area (Å²) >= 11 is 0. The smallest absolute Gasteiger partial charge is 0.550 e. The van der Waals surface area contributed by atoms with Gasteiger partial charge in [-0.3, -0.25) is 4.79 Å². The van der Waals surface area contributed by atoms with Gasteiger partial charge in [0.05, 0.1) is 12.0 Å². The van der Waals surface area contributed by atoms with Crippen LogP contribution in [0, 0.1) is 16.7 Å². The van der Waals surface area contributed by atoms with Gasteiger partial charge in [-0.2, -0.15) is 0 Å². The molecule has 0 N–H and O–H groups in total. The molecule has 4 nitrogen and oxygen atoms in total. The zero-order valence-electron chi connectivity index (χ0n) is 16.5. The number of carboxylic acid groups (broad SMARTS) is 1. The summed E-state index contributed by atoms with van der Waals surface area (Å²) in [6, 6.07) is 10.3. The maximum absolute atomic E-state index is 12.6. The van der Waals surface area contributed by atoms with E-state index in [4.69, 9.17) is 4.74 Å². The first kappa shape index (κ1) is 23.2. The quantitative estimate of drug-likeness (QED) is 0.372. The average Bonchev–Trinajstić information content (AvgIpc) is 2.82. The molecular formula is C21H29NaO4. The van der Waals surface area contributed by atoms with Gasteiger partial charge in [0, 0.05) is 11.9 Å². The van der Waals surface area contributed by atoms with Crippen LogP contribution in [0.5, 0.6) is 0 Å². The number of benzene rings is 1. The molecule has 1 saturated carbocycles. The van der Waals surface area contributed by atoms with Gasteiger partial charge in [0.25, 0.3) is 0 Å². The molecule has 1 aliphatic rings. The summed E-state index contributed by atoms with van der Waals surface area (Å²) in [4.78, 5) is 23.9. The molecule has 0 spiro atoms. The second-order valence-corrected chi connectivity index (χ2v) is 7.90. The Morgan fingerprint density at radius 3 is 2.35 bits per heavy atom. The van der Waals surface area contributed by atoms with Crippen LogP contribution in [0.15, 0.2) is 30.3 Å². The molecule has 0 radical (unpaired) electrons. The number of aryl methyl sites for hydroxylation is 1. The van der Waals surface area contributed by atoms with Gasteiger partial charge in [0.2, 0.25) is 0 Å². The van der Waals surface area contributed by atoms with Gasteiger partial charge < -0.3 is 14.6 Å². The van der Waals surface area contributed by atoms with Gasteiger partial charge in [-0.05, 0) is 56.4 Å². The maximum Gasteiger partial charge on any atom is 1.00 e. The normalized spacial score (nSPS) is 23.9. The fourth-order valence-electron chi connectivity index (χ4n) is 3.85. The van der Waals surface area contributed by atoms with Crippen LogP contribution in [0.2, 0.25) is 0 Å². The van der Waals surface area contributed by atoms with Gasteiger partial charge in [-0.1, -0.05) is 44.2 Å². The van der Waals surface area contributed by atoms with Crippen LogP contribution in [0.25, 0.3) is 0 Å². The van der Waals surface area contributed by atoms with Gasteiger partial charge >= 0.3 is 35.5 Å². The Balaban J connectivity index is 0.00000338. The molecule has 0 bridgehead atoms. The van der Waals surface area contributed by atoms with Crippen LogP contribution in [0.1, 0.15) is 58.4 Å². The summed E-state index contributed by atoms with van der Waals surface area (Å²) in [6.07, 6.45) is 4.94. The van der Waals surface area contributed by atoms with Crippen molar-refractivity contribution in [2.45, 2.75) is 59.3 Å². The minimum atomic E-state index is -1.07. The topological polar surface area (TPSA) is 66.4 Å². The monoisotopic (exact) mass is 368 g/mol. The largest absolute Gasteiger partial charge is 1.00 e. The van der Waals surface area contributed by atoms with E-state index < -0.39 is 22.7 Å². The van der Waals surface area contributed by atoms with E-state index in [0.29, 0.717) is 19.4 Å². The number of esters is 1. The second kappa shape index (κ2) is 9.91. The van der Waals surface area contributed by atoms with Crippen molar-refractivity contribution in [3.63, 3.8) is 0 Å². The van der Waals surface area contributed by atoms with Gasteiger partial charge in [-0.25, -0.2) is 0 Å². The average molecular weight is 368 g/mol. The fraction of sp³-hybridized carbons (Fsp3) is 0.619. The van der Waals surface area contributed by atoms with Gasteiger partial charge in [0.1, 0.15) is 0 Å². The number of unbranched alkanes of at least 4 members (excludes halogenated alkanes) is 2. The van der Waals surface area contributed by atoms with Crippen molar-refractivity contribution in [1.29, 1.82) is 0 Å². The summed E-state index contributed by atoms with van der Waals surface area (Å²) in [7, 11) is 0. The van der Waals surface area contributed by atoms with E-state index >= 15 is 0 Å². The summed E-state index contributed by atoms with van der Waals surface area (Å²) < 4.78 is 5.49. The summed E-state index contributed by atoms with van der Waals surface area (Å²) in [5.74, 6) is -1.94. The molecule has 2 atom stereocenters. The van der Waals surface area contributed by atoms with Crippen LogP contribution >= 0.6 is 0 Å². The van der Waals surface area contributed by atoms with Crippen molar-refractivity contribution in [2.24, 2.45) is 16.7 Å². The van der Waals surface area contributed by atoms with Gasteiger partial charge in [0.15, 0.2) is 0 Å². The zero-order valence-corrected chi connectivity index (χ0v) is 18.5. The van der Waals surface area contributed by atoms with Crippen LogP contribution in [0.3, 0.4) is 0 Å². The second-order valence-electron chi connectivity index (χ2n) is 7.90. The molecule has 2 unspecified atom stereocenters. The van der Waals surface area contributed by atoms with E-state index in [-0.39, 0.29) is 35.5 Å². The molecule has 1 aromatic carbocycles. The van der Waals surface area contributed by atoms with E-state index in [1.165, 1.54) is 5.56 Å². The Morgan fingerprint density at radius 1 is 1.12 bits per heavy atom. The maximum atomic E-state index is 12.6.